The van der Waals surface area contributed by atoms with Gasteiger partial charge in [-0.05, 0) is 30.7 Å². The van der Waals surface area contributed by atoms with Crippen molar-refractivity contribution in [3.05, 3.63) is 71.7 Å². The minimum atomic E-state index is -3.70. The summed E-state index contributed by atoms with van der Waals surface area (Å²) >= 11 is 0. The number of rotatable bonds is 6. The van der Waals surface area contributed by atoms with Gasteiger partial charge in [0.25, 0.3) is 0 Å². The molecule has 1 aliphatic heterocycles. The van der Waals surface area contributed by atoms with Gasteiger partial charge in [0.1, 0.15) is 10.7 Å². The Morgan fingerprint density at radius 3 is 2.59 bits per heavy atom. The Bertz CT molecular complexity index is 1240. The number of nitrogens with zero attached hydrogens (tertiary/aromatic N) is 3. The molecule has 32 heavy (non-hydrogen) atoms. The van der Waals surface area contributed by atoms with E-state index >= 15 is 0 Å². The second kappa shape index (κ2) is 9.32. The third-order valence-electron chi connectivity index (χ3n) is 5.56. The van der Waals surface area contributed by atoms with E-state index in [4.69, 9.17) is 0 Å². The maximum Gasteiger partial charge on any atom is 0.245 e. The lowest BCUT2D eigenvalue weighted by atomic mass is 10.2. The quantitative estimate of drug-likeness (QED) is 0.616. The number of piperazine rings is 1. The number of fused-ring (bicyclic) bond motifs is 1. The molecule has 1 N–H and O–H groups in total. The zero-order chi connectivity index (χ0) is 22.7. The highest BCUT2D eigenvalue weighted by Gasteiger charge is 2.30. The Labute approximate surface area is 186 Å². The van der Waals surface area contributed by atoms with E-state index in [1.54, 1.807) is 36.5 Å². The van der Waals surface area contributed by atoms with Gasteiger partial charge in [0.15, 0.2) is 0 Å². The Balaban J connectivity index is 1.36. The van der Waals surface area contributed by atoms with Crippen LogP contribution in [0.1, 0.15) is 11.1 Å². The van der Waals surface area contributed by atoms with Gasteiger partial charge in [0.05, 0.1) is 12.1 Å². The standard InChI is InChI=1S/C23H25FN4O3S/c1-17-13-18-6-4-8-21(23(18)26-14-17)32(30,31)28-11-9-27(10-12-28)16-22(29)25-15-19-5-2-3-7-20(19)24/h2-8,13-14H,9-12,15-16H2,1H3,(H,25,29). The van der Waals surface area contributed by atoms with Crippen molar-refractivity contribution in [1.82, 2.24) is 19.5 Å². The predicted molar refractivity (Wildman–Crippen MR) is 120 cm³/mol. The van der Waals surface area contributed by atoms with E-state index in [0.717, 1.165) is 10.9 Å². The molecule has 1 aromatic heterocycles. The number of hydrogen-bond donors (Lipinski definition) is 1. The molecule has 7 nitrogen and oxygen atoms in total. The molecule has 0 spiro atoms. The van der Waals surface area contributed by atoms with Crippen molar-refractivity contribution < 1.29 is 17.6 Å². The lowest BCUT2D eigenvalue weighted by molar-refractivity contribution is -0.122. The summed E-state index contributed by atoms with van der Waals surface area (Å²) in [5.41, 5.74) is 1.86. The number of carbonyl (C=O) groups is 1. The molecule has 0 atom stereocenters. The molecule has 2 heterocycles. The van der Waals surface area contributed by atoms with Crippen LogP contribution in [-0.2, 0) is 21.4 Å². The van der Waals surface area contributed by atoms with Crippen LogP contribution < -0.4 is 5.32 Å². The van der Waals surface area contributed by atoms with Gasteiger partial charge in [-0.25, -0.2) is 12.8 Å². The first-order chi connectivity index (χ1) is 15.3. The zero-order valence-corrected chi connectivity index (χ0v) is 18.6. The molecular weight excluding hydrogens is 431 g/mol. The molecule has 1 saturated heterocycles. The molecule has 0 aliphatic carbocycles. The number of aromatic nitrogens is 1. The van der Waals surface area contributed by atoms with Crippen molar-refractivity contribution in [2.24, 2.45) is 0 Å². The minimum absolute atomic E-state index is 0.118. The zero-order valence-electron chi connectivity index (χ0n) is 17.8. The second-order valence-corrected chi connectivity index (χ2v) is 9.80. The minimum Gasteiger partial charge on any atom is -0.351 e. The number of benzene rings is 2. The van der Waals surface area contributed by atoms with E-state index in [9.17, 15) is 17.6 Å². The summed E-state index contributed by atoms with van der Waals surface area (Å²) in [5.74, 6) is -0.581. The van der Waals surface area contributed by atoms with Crippen molar-refractivity contribution in [2.45, 2.75) is 18.4 Å². The SMILES string of the molecule is Cc1cnc2c(S(=O)(=O)N3CCN(CC(=O)NCc4ccccc4F)CC3)cccc2c1. The van der Waals surface area contributed by atoms with Crippen LogP contribution in [0.15, 0.2) is 59.6 Å². The van der Waals surface area contributed by atoms with Crippen molar-refractivity contribution in [3.8, 4) is 0 Å². The average molecular weight is 457 g/mol. The summed E-state index contributed by atoms with van der Waals surface area (Å²) in [7, 11) is -3.70. The fourth-order valence-corrected chi connectivity index (χ4v) is 5.40. The molecule has 1 fully saturated rings. The highest BCUT2D eigenvalue weighted by molar-refractivity contribution is 7.89. The van der Waals surface area contributed by atoms with Crippen molar-refractivity contribution in [2.75, 3.05) is 32.7 Å². The van der Waals surface area contributed by atoms with E-state index in [1.165, 1.54) is 10.4 Å². The molecule has 0 radical (unpaired) electrons. The molecule has 168 valence electrons. The second-order valence-electron chi connectivity index (χ2n) is 7.89. The summed E-state index contributed by atoms with van der Waals surface area (Å²) in [5, 5.41) is 3.51. The van der Waals surface area contributed by atoms with Gasteiger partial charge in [-0.3, -0.25) is 14.7 Å². The highest BCUT2D eigenvalue weighted by atomic mass is 32.2. The molecule has 0 bridgehead atoms. The maximum absolute atomic E-state index is 13.7. The van der Waals surface area contributed by atoms with Crippen LogP contribution in [0, 0.1) is 12.7 Å². The first-order valence-electron chi connectivity index (χ1n) is 10.4. The number of sulfonamides is 1. The van der Waals surface area contributed by atoms with E-state index in [2.05, 4.69) is 10.3 Å². The molecule has 0 unspecified atom stereocenters. The number of pyridine rings is 1. The fourth-order valence-electron chi connectivity index (χ4n) is 3.81. The summed E-state index contributed by atoms with van der Waals surface area (Å²) in [6.07, 6.45) is 1.67. The molecule has 3 aromatic rings. The van der Waals surface area contributed by atoms with Gasteiger partial charge in [0.2, 0.25) is 15.9 Å². The van der Waals surface area contributed by atoms with E-state index in [-0.39, 0.29) is 42.8 Å². The van der Waals surface area contributed by atoms with Crippen LogP contribution in [0.3, 0.4) is 0 Å². The third-order valence-corrected chi connectivity index (χ3v) is 7.49. The van der Waals surface area contributed by atoms with Crippen LogP contribution in [0.25, 0.3) is 10.9 Å². The van der Waals surface area contributed by atoms with Gasteiger partial charge in [0, 0.05) is 49.9 Å². The molecule has 9 heteroatoms. The topological polar surface area (TPSA) is 82.6 Å². The Hall–Kier alpha value is -2.88. The van der Waals surface area contributed by atoms with Gasteiger partial charge < -0.3 is 5.32 Å². The maximum atomic E-state index is 13.7. The highest BCUT2D eigenvalue weighted by Crippen LogP contribution is 2.25. The molecule has 1 amide bonds. The van der Waals surface area contributed by atoms with Gasteiger partial charge in [-0.15, -0.1) is 0 Å². The number of para-hydroxylation sites is 1. The summed E-state index contributed by atoms with van der Waals surface area (Å²) in [4.78, 5) is 18.7. The number of amides is 1. The lowest BCUT2D eigenvalue weighted by Gasteiger charge is -2.33. The van der Waals surface area contributed by atoms with Crippen LogP contribution >= 0.6 is 0 Å². The van der Waals surface area contributed by atoms with Gasteiger partial charge in [-0.2, -0.15) is 4.31 Å². The van der Waals surface area contributed by atoms with Gasteiger partial charge in [-0.1, -0.05) is 30.3 Å². The van der Waals surface area contributed by atoms with Crippen LogP contribution in [0.2, 0.25) is 0 Å². The largest absolute Gasteiger partial charge is 0.351 e. The lowest BCUT2D eigenvalue weighted by Crippen LogP contribution is -2.51. The smallest absolute Gasteiger partial charge is 0.245 e. The normalized spacial score (nSPS) is 15.7. The number of aryl methyl sites for hydroxylation is 1. The van der Waals surface area contributed by atoms with Crippen LogP contribution in [0.4, 0.5) is 4.39 Å². The van der Waals surface area contributed by atoms with E-state index < -0.39 is 10.0 Å². The third kappa shape index (κ3) is 4.79. The summed E-state index contributed by atoms with van der Waals surface area (Å²) < 4.78 is 41.6. The van der Waals surface area contributed by atoms with Crippen molar-refractivity contribution in [3.63, 3.8) is 0 Å². The Morgan fingerprint density at radius 2 is 1.84 bits per heavy atom. The first-order valence-corrected chi connectivity index (χ1v) is 11.9. The van der Waals surface area contributed by atoms with Crippen LogP contribution in [-0.4, -0.2) is 61.2 Å². The molecular formula is C23H25FN4O3S. The summed E-state index contributed by atoms with van der Waals surface area (Å²) in [6, 6.07) is 13.4. The number of halogens is 1. The predicted octanol–water partition coefficient (Wildman–Crippen LogP) is 2.31. The molecule has 1 aliphatic rings. The number of nitrogens with one attached hydrogen (secondary N) is 1. The van der Waals surface area contributed by atoms with E-state index in [0.29, 0.717) is 24.2 Å². The summed E-state index contributed by atoms with van der Waals surface area (Å²) in [6.45, 7) is 3.60. The van der Waals surface area contributed by atoms with E-state index in [1.807, 2.05) is 24.0 Å². The Morgan fingerprint density at radius 1 is 1.09 bits per heavy atom. The fraction of sp³-hybridized carbons (Fsp3) is 0.304. The monoisotopic (exact) mass is 456 g/mol. The average Bonchev–Trinajstić information content (AvgIpc) is 2.78. The molecule has 4 rings (SSSR count). The van der Waals surface area contributed by atoms with Gasteiger partial charge >= 0.3 is 0 Å². The van der Waals surface area contributed by atoms with Crippen molar-refractivity contribution in [1.29, 1.82) is 0 Å². The van der Waals surface area contributed by atoms with Crippen LogP contribution in [0.5, 0.6) is 0 Å². The first kappa shape index (κ1) is 22.3. The number of hydrogen-bond acceptors (Lipinski definition) is 5. The molecule has 2 aromatic carbocycles. The molecule has 0 saturated carbocycles. The number of carbonyl (C=O) groups excluding carboxylic acids is 1. The Kier molecular flexibility index (Phi) is 6.50. The van der Waals surface area contributed by atoms with Crippen molar-refractivity contribution >= 4 is 26.8 Å².